The minimum atomic E-state index is -0.180. The number of hydrogen-bond donors (Lipinski definition) is 0. The second kappa shape index (κ2) is 8.64. The highest BCUT2D eigenvalue weighted by molar-refractivity contribution is 6.17. The summed E-state index contributed by atoms with van der Waals surface area (Å²) in [7, 11) is 3.96. The molecule has 1 aromatic heterocycles. The summed E-state index contributed by atoms with van der Waals surface area (Å²) in [4.78, 5) is 15.2. The molecule has 152 valence electrons. The van der Waals surface area contributed by atoms with Crippen LogP contribution in [0.3, 0.4) is 0 Å². The molecule has 0 saturated heterocycles. The van der Waals surface area contributed by atoms with E-state index in [-0.39, 0.29) is 17.8 Å². The van der Waals surface area contributed by atoms with Crippen molar-refractivity contribution >= 4 is 28.3 Å². The molecular weight excluding hydrogens is 398 g/mol. The fourth-order valence-electron chi connectivity index (χ4n) is 3.24. The Bertz CT molecular complexity index is 1210. The van der Waals surface area contributed by atoms with Gasteiger partial charge in [-0.15, -0.1) is 11.6 Å². The van der Waals surface area contributed by atoms with Gasteiger partial charge in [-0.05, 0) is 47.5 Å². The van der Waals surface area contributed by atoms with Crippen molar-refractivity contribution in [1.82, 2.24) is 0 Å². The van der Waals surface area contributed by atoms with Gasteiger partial charge in [-0.25, -0.2) is 0 Å². The number of alkyl halides is 1. The summed E-state index contributed by atoms with van der Waals surface area (Å²) >= 11 is 5.86. The van der Waals surface area contributed by atoms with Crippen LogP contribution in [0.1, 0.15) is 11.1 Å². The average Bonchev–Trinajstić information content (AvgIpc) is 2.79. The van der Waals surface area contributed by atoms with Crippen molar-refractivity contribution in [1.29, 1.82) is 0 Å². The maximum atomic E-state index is 13.2. The Balaban J connectivity index is 1.76. The lowest BCUT2D eigenvalue weighted by atomic mass is 10.1. The van der Waals surface area contributed by atoms with Crippen molar-refractivity contribution in [3.8, 4) is 17.1 Å². The lowest BCUT2D eigenvalue weighted by Gasteiger charge is -2.14. The molecule has 0 bridgehead atoms. The number of fused-ring (bicyclic) bond motifs is 1. The summed E-state index contributed by atoms with van der Waals surface area (Å²) in [5.41, 5.74) is 4.19. The largest absolute Gasteiger partial charge is 0.481 e. The molecule has 0 spiro atoms. The Kier molecular flexibility index (Phi) is 5.77. The molecule has 0 aliphatic heterocycles. The van der Waals surface area contributed by atoms with Crippen LogP contribution in [0.2, 0.25) is 0 Å². The summed E-state index contributed by atoms with van der Waals surface area (Å²) < 4.78 is 12.1. The molecule has 4 nitrogen and oxygen atoms in total. The van der Waals surface area contributed by atoms with E-state index in [1.807, 2.05) is 79.7 Å². The van der Waals surface area contributed by atoms with Crippen molar-refractivity contribution < 1.29 is 9.15 Å². The van der Waals surface area contributed by atoms with Crippen LogP contribution < -0.4 is 15.1 Å². The van der Waals surface area contributed by atoms with Gasteiger partial charge in [0.25, 0.3) is 0 Å². The van der Waals surface area contributed by atoms with E-state index < -0.39 is 0 Å². The fourth-order valence-corrected chi connectivity index (χ4v) is 3.42. The molecule has 0 fully saturated rings. The van der Waals surface area contributed by atoms with Gasteiger partial charge in [0.15, 0.2) is 5.76 Å². The maximum Gasteiger partial charge on any atom is 0.235 e. The van der Waals surface area contributed by atoms with Gasteiger partial charge in [0.1, 0.15) is 12.2 Å². The van der Waals surface area contributed by atoms with E-state index in [0.717, 1.165) is 22.4 Å². The van der Waals surface area contributed by atoms with Crippen LogP contribution in [0.15, 0.2) is 82.0 Å². The van der Waals surface area contributed by atoms with Crippen LogP contribution in [0.25, 0.3) is 22.3 Å². The predicted octanol–water partition coefficient (Wildman–Crippen LogP) is 5.84. The van der Waals surface area contributed by atoms with Gasteiger partial charge in [-0.3, -0.25) is 4.79 Å². The molecule has 0 atom stereocenters. The monoisotopic (exact) mass is 419 g/mol. The molecule has 4 aromatic rings. The first-order valence-corrected chi connectivity index (χ1v) is 10.2. The van der Waals surface area contributed by atoms with Crippen LogP contribution >= 0.6 is 11.6 Å². The van der Waals surface area contributed by atoms with Crippen molar-refractivity contribution in [3.05, 3.63) is 94.1 Å². The number of halogens is 1. The molecule has 4 rings (SSSR count). The third kappa shape index (κ3) is 4.05. The molecule has 5 heteroatoms. The number of rotatable bonds is 6. The van der Waals surface area contributed by atoms with Crippen molar-refractivity contribution in [3.63, 3.8) is 0 Å². The average molecular weight is 420 g/mol. The van der Waals surface area contributed by atoms with E-state index in [1.165, 1.54) is 0 Å². The van der Waals surface area contributed by atoms with Gasteiger partial charge >= 0.3 is 0 Å². The third-order valence-corrected chi connectivity index (χ3v) is 5.27. The van der Waals surface area contributed by atoms with E-state index in [2.05, 4.69) is 0 Å². The first-order valence-electron chi connectivity index (χ1n) is 9.67. The zero-order chi connectivity index (χ0) is 21.1. The Labute approximate surface area is 180 Å². The van der Waals surface area contributed by atoms with E-state index in [0.29, 0.717) is 22.6 Å². The van der Waals surface area contributed by atoms with Crippen molar-refractivity contribution in [2.75, 3.05) is 19.0 Å². The second-order valence-corrected chi connectivity index (χ2v) is 7.53. The highest BCUT2D eigenvalue weighted by atomic mass is 35.5. The summed E-state index contributed by atoms with van der Waals surface area (Å²) in [6.45, 7) is 0.258. The predicted molar refractivity (Wildman–Crippen MR) is 123 cm³/mol. The van der Waals surface area contributed by atoms with Gasteiger partial charge in [0.05, 0.1) is 5.39 Å². The Morgan fingerprint density at radius 1 is 0.900 bits per heavy atom. The van der Waals surface area contributed by atoms with Gasteiger partial charge in [0.2, 0.25) is 11.2 Å². The van der Waals surface area contributed by atoms with Crippen molar-refractivity contribution in [2.45, 2.75) is 12.5 Å². The van der Waals surface area contributed by atoms with Crippen LogP contribution in [0.5, 0.6) is 5.75 Å². The molecule has 30 heavy (non-hydrogen) atoms. The first-order chi connectivity index (χ1) is 14.6. The Morgan fingerprint density at radius 3 is 2.23 bits per heavy atom. The number of hydrogen-bond acceptors (Lipinski definition) is 4. The summed E-state index contributed by atoms with van der Waals surface area (Å²) in [6, 6.07) is 22.9. The molecule has 3 aromatic carbocycles. The minimum Gasteiger partial charge on any atom is -0.481 e. The molecule has 0 aliphatic rings. The highest BCUT2D eigenvalue weighted by Gasteiger charge is 2.18. The topological polar surface area (TPSA) is 42.7 Å². The zero-order valence-electron chi connectivity index (χ0n) is 16.9. The smallest absolute Gasteiger partial charge is 0.235 e. The Hall–Kier alpha value is -3.24. The van der Waals surface area contributed by atoms with Crippen LogP contribution in [0.4, 0.5) is 5.69 Å². The molecule has 0 aliphatic carbocycles. The number of nitrogens with zero attached hydrogens (tertiary/aromatic N) is 1. The van der Waals surface area contributed by atoms with E-state index in [4.69, 9.17) is 20.8 Å². The molecule has 0 saturated carbocycles. The van der Waals surface area contributed by atoms with Crippen LogP contribution in [-0.4, -0.2) is 14.1 Å². The lowest BCUT2D eigenvalue weighted by molar-refractivity contribution is 0.298. The van der Waals surface area contributed by atoms with Crippen LogP contribution in [0, 0.1) is 0 Å². The second-order valence-electron chi connectivity index (χ2n) is 7.27. The lowest BCUT2D eigenvalue weighted by Crippen LogP contribution is -2.10. The molecule has 0 unspecified atom stereocenters. The van der Waals surface area contributed by atoms with Crippen molar-refractivity contribution in [2.24, 2.45) is 0 Å². The highest BCUT2D eigenvalue weighted by Crippen LogP contribution is 2.32. The molecule has 0 radical (unpaired) electrons. The van der Waals surface area contributed by atoms with Gasteiger partial charge in [-0.2, -0.15) is 0 Å². The summed E-state index contributed by atoms with van der Waals surface area (Å²) in [6.07, 6.45) is 0. The number of anilines is 1. The van der Waals surface area contributed by atoms with E-state index >= 15 is 0 Å². The van der Waals surface area contributed by atoms with Crippen LogP contribution in [-0.2, 0) is 12.5 Å². The summed E-state index contributed by atoms with van der Waals surface area (Å²) in [5, 5.41) is 0.499. The Morgan fingerprint density at radius 2 is 1.57 bits per heavy atom. The summed E-state index contributed by atoms with van der Waals surface area (Å²) in [5.74, 6) is 1.11. The zero-order valence-corrected chi connectivity index (χ0v) is 17.6. The minimum absolute atomic E-state index is 0.180. The standard InChI is InChI=1S/C25H22ClNO3/c1-27(2)20-13-11-19(12-14-20)24-25(23(28)21-5-3-4-6-22(21)30-24)29-16-18-9-7-17(15-26)8-10-18/h3-14H,15-16H2,1-2H3. The first kappa shape index (κ1) is 20.0. The number of ether oxygens (including phenoxy) is 1. The normalized spacial score (nSPS) is 10.9. The third-order valence-electron chi connectivity index (χ3n) is 4.96. The van der Waals surface area contributed by atoms with Gasteiger partial charge in [-0.1, -0.05) is 36.4 Å². The number of para-hydroxylation sites is 1. The van der Waals surface area contributed by atoms with E-state index in [9.17, 15) is 4.79 Å². The molecule has 0 N–H and O–H groups in total. The van der Waals surface area contributed by atoms with Gasteiger partial charge < -0.3 is 14.1 Å². The number of benzene rings is 3. The van der Waals surface area contributed by atoms with Gasteiger partial charge in [0, 0.05) is 31.2 Å². The van der Waals surface area contributed by atoms with E-state index in [1.54, 1.807) is 12.1 Å². The quantitative estimate of drug-likeness (QED) is 0.368. The molecular formula is C25H22ClNO3. The fraction of sp³-hybridized carbons (Fsp3) is 0.160. The molecule has 0 amide bonds. The molecule has 1 heterocycles. The maximum absolute atomic E-state index is 13.2. The SMILES string of the molecule is CN(C)c1ccc(-c2oc3ccccc3c(=O)c2OCc2ccc(CCl)cc2)cc1.